The molecule has 9 nitrogen and oxygen atoms in total. The van der Waals surface area contributed by atoms with Gasteiger partial charge in [-0.1, -0.05) is 5.92 Å². The molecule has 0 aliphatic carbocycles. The van der Waals surface area contributed by atoms with Crippen molar-refractivity contribution in [3.8, 4) is 23.3 Å². The highest BCUT2D eigenvalue weighted by Crippen LogP contribution is 2.33. The molecule has 3 aromatic rings. The first-order valence-corrected chi connectivity index (χ1v) is 8.74. The number of nitrogens with zero attached hydrogens (tertiary/aromatic N) is 3. The monoisotopic (exact) mass is 405 g/mol. The zero-order valence-electron chi connectivity index (χ0n) is 16.3. The molecule has 3 rings (SSSR count). The third-order valence-electron chi connectivity index (χ3n) is 4.19. The molecule has 2 heterocycles. The molecule has 0 amide bonds. The van der Waals surface area contributed by atoms with Crippen LogP contribution in [0.4, 0.5) is 11.8 Å². The van der Waals surface area contributed by atoms with Crippen LogP contribution in [0.3, 0.4) is 0 Å². The molecule has 0 saturated heterocycles. The number of methoxy groups -OCH3 is 2. The van der Waals surface area contributed by atoms with E-state index in [1.54, 1.807) is 6.20 Å². The van der Waals surface area contributed by atoms with E-state index in [1.807, 2.05) is 12.1 Å². The van der Waals surface area contributed by atoms with Gasteiger partial charge >= 0.3 is 5.97 Å². The van der Waals surface area contributed by atoms with Crippen molar-refractivity contribution in [2.45, 2.75) is 6.42 Å². The lowest BCUT2D eigenvalue weighted by Gasteiger charge is -2.13. The predicted molar refractivity (Wildman–Crippen MR) is 110 cm³/mol. The Hall–Kier alpha value is -4.32. The van der Waals surface area contributed by atoms with E-state index in [4.69, 9.17) is 26.0 Å². The van der Waals surface area contributed by atoms with E-state index in [-0.39, 0.29) is 11.5 Å². The van der Waals surface area contributed by atoms with Crippen LogP contribution < -0.4 is 20.9 Å². The van der Waals surface area contributed by atoms with Gasteiger partial charge in [-0.05, 0) is 35.7 Å². The number of pyridine rings is 1. The molecule has 0 aliphatic rings. The van der Waals surface area contributed by atoms with Crippen LogP contribution in [0.15, 0.2) is 36.7 Å². The fourth-order valence-corrected chi connectivity index (χ4v) is 2.73. The van der Waals surface area contributed by atoms with Crippen LogP contribution in [0.2, 0.25) is 0 Å². The third-order valence-corrected chi connectivity index (χ3v) is 4.19. The Balaban J connectivity index is 1.99. The summed E-state index contributed by atoms with van der Waals surface area (Å²) in [6.07, 6.45) is 3.27. The Labute approximate surface area is 172 Å². The van der Waals surface area contributed by atoms with Gasteiger partial charge < -0.3 is 26.0 Å². The second kappa shape index (κ2) is 8.79. The van der Waals surface area contributed by atoms with Crippen molar-refractivity contribution in [2.75, 3.05) is 25.7 Å². The van der Waals surface area contributed by atoms with Crippen LogP contribution in [0.25, 0.3) is 0 Å². The third kappa shape index (κ3) is 4.56. The molecule has 5 N–H and O–H groups in total. The van der Waals surface area contributed by atoms with Gasteiger partial charge in [-0.3, -0.25) is 0 Å². The normalized spacial score (nSPS) is 10.1. The molecule has 0 bridgehead atoms. The fourth-order valence-electron chi connectivity index (χ4n) is 2.73. The second-order valence-corrected chi connectivity index (χ2v) is 6.18. The summed E-state index contributed by atoms with van der Waals surface area (Å²) in [6.45, 7) is 0. The maximum Gasteiger partial charge on any atom is 0.337 e. The lowest BCUT2D eigenvalue weighted by atomic mass is 10.0. The van der Waals surface area contributed by atoms with Gasteiger partial charge in [0.15, 0.2) is 11.5 Å². The quantitative estimate of drug-likeness (QED) is 0.540. The Bertz CT molecular complexity index is 1150. The molecule has 1 aromatic carbocycles. The van der Waals surface area contributed by atoms with Gasteiger partial charge in [-0.15, -0.1) is 0 Å². The van der Waals surface area contributed by atoms with E-state index in [2.05, 4.69) is 26.8 Å². The van der Waals surface area contributed by atoms with E-state index in [1.165, 1.54) is 32.5 Å². The van der Waals surface area contributed by atoms with Gasteiger partial charge in [-0.25, -0.2) is 14.8 Å². The van der Waals surface area contributed by atoms with E-state index in [0.717, 1.165) is 5.56 Å². The van der Waals surface area contributed by atoms with Crippen LogP contribution in [-0.2, 0) is 6.42 Å². The van der Waals surface area contributed by atoms with E-state index >= 15 is 0 Å². The summed E-state index contributed by atoms with van der Waals surface area (Å²) in [7, 11) is 3.06. The number of ether oxygens (including phenoxy) is 2. The number of hydrogen-bond acceptors (Lipinski definition) is 8. The fraction of sp³-hybridized carbons (Fsp3) is 0.143. The van der Waals surface area contributed by atoms with Gasteiger partial charge in [-0.2, -0.15) is 4.98 Å². The Kier molecular flexibility index (Phi) is 5.98. The standard InChI is InChI=1S/C21H19N5O4/c1-29-17-9-12(8-15-11-25-21(23)26-19(15)22)7-13(18(17)30-2)3-5-16-6-4-14(10-24-16)20(27)28/h4,6-7,9-11H,8H2,1-2H3,(H,27,28)(H4,22,23,25,26). The number of carboxylic acids is 1. The number of nitrogen functional groups attached to an aromatic ring is 2. The first-order valence-electron chi connectivity index (χ1n) is 8.74. The number of aromatic carboxylic acids is 1. The van der Waals surface area contributed by atoms with E-state index in [9.17, 15) is 4.79 Å². The van der Waals surface area contributed by atoms with Crippen molar-refractivity contribution in [3.63, 3.8) is 0 Å². The molecule has 0 radical (unpaired) electrons. The number of carboxylic acid groups (broad SMARTS) is 1. The van der Waals surface area contributed by atoms with Gasteiger partial charge in [0.2, 0.25) is 5.95 Å². The van der Waals surface area contributed by atoms with Crippen LogP contribution >= 0.6 is 0 Å². The molecule has 0 fully saturated rings. The lowest BCUT2D eigenvalue weighted by Crippen LogP contribution is -2.04. The molecule has 30 heavy (non-hydrogen) atoms. The molecule has 0 spiro atoms. The molecule has 0 unspecified atom stereocenters. The highest BCUT2D eigenvalue weighted by molar-refractivity contribution is 5.87. The van der Waals surface area contributed by atoms with Crippen molar-refractivity contribution >= 4 is 17.7 Å². The molecular formula is C21H19N5O4. The molecule has 0 atom stereocenters. The number of rotatable bonds is 5. The number of hydrogen-bond donors (Lipinski definition) is 3. The van der Waals surface area contributed by atoms with E-state index < -0.39 is 5.97 Å². The van der Waals surface area contributed by atoms with Crippen LogP contribution in [-0.4, -0.2) is 40.2 Å². The number of carbonyl (C=O) groups is 1. The van der Waals surface area contributed by atoms with Crippen LogP contribution in [0, 0.1) is 11.8 Å². The Morgan fingerprint density at radius 3 is 2.50 bits per heavy atom. The number of nitrogens with two attached hydrogens (primary N) is 2. The maximum absolute atomic E-state index is 10.9. The van der Waals surface area contributed by atoms with Crippen molar-refractivity contribution in [2.24, 2.45) is 0 Å². The maximum atomic E-state index is 10.9. The zero-order valence-corrected chi connectivity index (χ0v) is 16.3. The summed E-state index contributed by atoms with van der Waals surface area (Å²) in [5.74, 6) is 6.24. The molecule has 9 heteroatoms. The van der Waals surface area contributed by atoms with Crippen molar-refractivity contribution < 1.29 is 19.4 Å². The SMILES string of the molecule is COc1cc(Cc2cnc(N)nc2N)cc(C#Cc2ccc(C(=O)O)cn2)c1OC. The minimum atomic E-state index is -1.05. The van der Waals surface area contributed by atoms with Gasteiger partial charge in [0.25, 0.3) is 0 Å². The van der Waals surface area contributed by atoms with Crippen molar-refractivity contribution in [3.05, 3.63) is 64.6 Å². The second-order valence-electron chi connectivity index (χ2n) is 6.18. The largest absolute Gasteiger partial charge is 0.493 e. The van der Waals surface area contributed by atoms with Gasteiger partial charge in [0, 0.05) is 24.4 Å². The minimum absolute atomic E-state index is 0.0881. The molecule has 152 valence electrons. The van der Waals surface area contributed by atoms with Crippen LogP contribution in [0.1, 0.15) is 32.7 Å². The molecular weight excluding hydrogens is 386 g/mol. The first-order chi connectivity index (χ1) is 14.4. The minimum Gasteiger partial charge on any atom is -0.493 e. The average molecular weight is 405 g/mol. The summed E-state index contributed by atoms with van der Waals surface area (Å²) in [6, 6.07) is 6.64. The molecule has 2 aromatic heterocycles. The number of aromatic nitrogens is 3. The summed E-state index contributed by atoms with van der Waals surface area (Å²) < 4.78 is 10.9. The molecule has 0 aliphatic heterocycles. The summed E-state index contributed by atoms with van der Waals surface area (Å²) in [4.78, 5) is 23.0. The highest BCUT2D eigenvalue weighted by Gasteiger charge is 2.13. The van der Waals surface area contributed by atoms with Crippen molar-refractivity contribution in [1.82, 2.24) is 15.0 Å². The van der Waals surface area contributed by atoms with Gasteiger partial charge in [0.1, 0.15) is 11.5 Å². The summed E-state index contributed by atoms with van der Waals surface area (Å²) in [5.41, 5.74) is 14.1. The topological polar surface area (TPSA) is 146 Å². The smallest absolute Gasteiger partial charge is 0.337 e. The predicted octanol–water partition coefficient (Wildman–Crippen LogP) is 1.74. The Morgan fingerprint density at radius 2 is 1.90 bits per heavy atom. The number of anilines is 2. The molecule has 0 saturated carbocycles. The zero-order chi connectivity index (χ0) is 21.7. The summed E-state index contributed by atoms with van der Waals surface area (Å²) >= 11 is 0. The van der Waals surface area contributed by atoms with Crippen molar-refractivity contribution in [1.29, 1.82) is 0 Å². The average Bonchev–Trinajstić information content (AvgIpc) is 2.74. The van der Waals surface area contributed by atoms with E-state index in [0.29, 0.717) is 40.6 Å². The van der Waals surface area contributed by atoms with Crippen LogP contribution in [0.5, 0.6) is 11.5 Å². The summed E-state index contributed by atoms with van der Waals surface area (Å²) in [5, 5.41) is 8.96. The first kappa shape index (κ1) is 20.4. The Morgan fingerprint density at radius 1 is 1.10 bits per heavy atom. The number of benzene rings is 1. The van der Waals surface area contributed by atoms with Gasteiger partial charge in [0.05, 0.1) is 25.3 Å². The highest BCUT2D eigenvalue weighted by atomic mass is 16.5. The lowest BCUT2D eigenvalue weighted by molar-refractivity contribution is 0.0696.